The topological polar surface area (TPSA) is 30.0 Å². The lowest BCUT2D eigenvalue weighted by atomic mass is 10.00. The van der Waals surface area contributed by atoms with Crippen LogP contribution in [0.25, 0.3) is 16.8 Å². The summed E-state index contributed by atoms with van der Waals surface area (Å²) >= 11 is 0. The summed E-state index contributed by atoms with van der Waals surface area (Å²) in [6, 6.07) is 8.05. The van der Waals surface area contributed by atoms with Gasteiger partial charge >= 0.3 is 0 Å². The van der Waals surface area contributed by atoms with Gasteiger partial charge in [-0.1, -0.05) is 38.1 Å². The molecule has 0 N–H and O–H groups in total. The molecule has 0 bridgehead atoms. The number of benzene rings is 1. The van der Waals surface area contributed by atoms with Crippen molar-refractivity contribution in [1.82, 2.24) is 4.98 Å². The average Bonchev–Trinajstić information content (AvgIpc) is 2.35. The van der Waals surface area contributed by atoms with Crippen LogP contribution in [0.5, 0.6) is 0 Å². The van der Waals surface area contributed by atoms with Crippen molar-refractivity contribution in [1.29, 1.82) is 0 Å². The first-order chi connectivity index (χ1) is 8.22. The third kappa shape index (κ3) is 2.41. The number of hydrogen-bond donors (Lipinski definition) is 0. The molecule has 1 heterocycles. The Balaban J connectivity index is 2.59. The van der Waals surface area contributed by atoms with Gasteiger partial charge < -0.3 is 0 Å². The fourth-order valence-corrected chi connectivity index (χ4v) is 1.77. The standard InChI is InChI=1S/C15H15NO/c1-11(2)14(10-17)7-13-9-16-8-12-5-3-4-6-15(12)13/h3-11H,1-2H3/b14-7+. The van der Waals surface area contributed by atoms with Gasteiger partial charge in [0.2, 0.25) is 0 Å². The van der Waals surface area contributed by atoms with Crippen molar-refractivity contribution in [2.45, 2.75) is 13.8 Å². The van der Waals surface area contributed by atoms with Crippen LogP contribution in [0.3, 0.4) is 0 Å². The Labute approximate surface area is 101 Å². The van der Waals surface area contributed by atoms with E-state index in [0.717, 1.165) is 28.2 Å². The van der Waals surface area contributed by atoms with E-state index < -0.39 is 0 Å². The molecule has 0 amide bonds. The van der Waals surface area contributed by atoms with E-state index in [9.17, 15) is 4.79 Å². The van der Waals surface area contributed by atoms with E-state index in [1.807, 2.05) is 50.4 Å². The summed E-state index contributed by atoms with van der Waals surface area (Å²) in [5.41, 5.74) is 1.79. The molecule has 0 saturated carbocycles. The fourth-order valence-electron chi connectivity index (χ4n) is 1.77. The van der Waals surface area contributed by atoms with Crippen LogP contribution < -0.4 is 0 Å². The van der Waals surface area contributed by atoms with Gasteiger partial charge in [-0.2, -0.15) is 0 Å². The normalized spacial score (nSPS) is 12.1. The van der Waals surface area contributed by atoms with Crippen LogP contribution in [0.4, 0.5) is 0 Å². The lowest BCUT2D eigenvalue weighted by Crippen LogP contribution is -1.95. The van der Waals surface area contributed by atoms with Gasteiger partial charge in [0.05, 0.1) is 0 Å². The van der Waals surface area contributed by atoms with Crippen LogP contribution in [0, 0.1) is 5.92 Å². The molecule has 1 aromatic carbocycles. The molecular weight excluding hydrogens is 210 g/mol. The summed E-state index contributed by atoms with van der Waals surface area (Å²) in [5, 5.41) is 2.22. The zero-order valence-corrected chi connectivity index (χ0v) is 10.1. The number of allylic oxidation sites excluding steroid dienone is 1. The largest absolute Gasteiger partial charge is 0.298 e. The molecule has 0 unspecified atom stereocenters. The predicted octanol–water partition coefficient (Wildman–Crippen LogP) is 3.47. The Kier molecular flexibility index (Phi) is 3.33. The van der Waals surface area contributed by atoms with Gasteiger partial charge in [0.25, 0.3) is 0 Å². The van der Waals surface area contributed by atoms with E-state index in [1.54, 1.807) is 6.20 Å². The number of fused-ring (bicyclic) bond motifs is 1. The minimum atomic E-state index is 0.228. The van der Waals surface area contributed by atoms with Gasteiger partial charge in [0.1, 0.15) is 6.29 Å². The van der Waals surface area contributed by atoms with Gasteiger partial charge in [-0.05, 0) is 23.0 Å². The zero-order chi connectivity index (χ0) is 12.3. The van der Waals surface area contributed by atoms with Gasteiger partial charge in [0, 0.05) is 23.3 Å². The minimum Gasteiger partial charge on any atom is -0.298 e. The van der Waals surface area contributed by atoms with Crippen molar-refractivity contribution in [3.05, 3.63) is 47.8 Å². The molecule has 2 rings (SSSR count). The molecule has 0 radical (unpaired) electrons. The Hall–Kier alpha value is -1.96. The van der Waals surface area contributed by atoms with Gasteiger partial charge in [-0.15, -0.1) is 0 Å². The highest BCUT2D eigenvalue weighted by molar-refractivity contribution is 5.93. The second-order valence-electron chi connectivity index (χ2n) is 4.37. The SMILES string of the molecule is CC(C)/C(C=O)=C/c1cncc2ccccc12. The zero-order valence-electron chi connectivity index (χ0n) is 10.1. The van der Waals surface area contributed by atoms with Gasteiger partial charge in [-0.3, -0.25) is 9.78 Å². The predicted molar refractivity (Wildman–Crippen MR) is 70.6 cm³/mol. The van der Waals surface area contributed by atoms with Crippen LogP contribution in [-0.2, 0) is 4.79 Å². The van der Waals surface area contributed by atoms with Crippen molar-refractivity contribution in [3.63, 3.8) is 0 Å². The Bertz CT molecular complexity index is 565. The molecule has 0 aliphatic carbocycles. The number of aromatic nitrogens is 1. The lowest BCUT2D eigenvalue weighted by molar-refractivity contribution is -0.105. The molecule has 0 atom stereocenters. The summed E-state index contributed by atoms with van der Waals surface area (Å²) < 4.78 is 0. The smallest absolute Gasteiger partial charge is 0.146 e. The number of nitrogens with zero attached hydrogens (tertiary/aromatic N) is 1. The first-order valence-electron chi connectivity index (χ1n) is 5.72. The number of hydrogen-bond acceptors (Lipinski definition) is 2. The van der Waals surface area contributed by atoms with Crippen LogP contribution in [0.1, 0.15) is 19.4 Å². The lowest BCUT2D eigenvalue weighted by Gasteiger charge is -2.05. The summed E-state index contributed by atoms with van der Waals surface area (Å²) in [7, 11) is 0. The second-order valence-corrected chi connectivity index (χ2v) is 4.37. The summed E-state index contributed by atoms with van der Waals surface area (Å²) in [4.78, 5) is 15.2. The van der Waals surface area contributed by atoms with E-state index in [0.29, 0.717) is 0 Å². The van der Waals surface area contributed by atoms with E-state index in [-0.39, 0.29) is 5.92 Å². The maximum absolute atomic E-state index is 11.0. The summed E-state index contributed by atoms with van der Waals surface area (Å²) in [5.74, 6) is 0.228. The van der Waals surface area contributed by atoms with E-state index in [2.05, 4.69) is 4.98 Å². The monoisotopic (exact) mass is 225 g/mol. The molecule has 0 fully saturated rings. The highest BCUT2D eigenvalue weighted by Crippen LogP contribution is 2.21. The molecule has 17 heavy (non-hydrogen) atoms. The summed E-state index contributed by atoms with van der Waals surface area (Å²) in [6.07, 6.45) is 6.48. The number of carbonyl (C=O) groups is 1. The first-order valence-corrected chi connectivity index (χ1v) is 5.72. The maximum atomic E-state index is 11.0. The Morgan fingerprint density at radius 3 is 2.71 bits per heavy atom. The summed E-state index contributed by atoms with van der Waals surface area (Å²) in [6.45, 7) is 4.03. The Morgan fingerprint density at radius 1 is 1.24 bits per heavy atom. The van der Waals surface area contributed by atoms with Gasteiger partial charge in [0.15, 0.2) is 0 Å². The fraction of sp³-hybridized carbons (Fsp3) is 0.200. The van der Waals surface area contributed by atoms with Crippen LogP contribution in [0.15, 0.2) is 42.2 Å². The van der Waals surface area contributed by atoms with Crippen LogP contribution >= 0.6 is 0 Å². The van der Waals surface area contributed by atoms with E-state index in [1.165, 1.54) is 0 Å². The second kappa shape index (κ2) is 4.91. The molecule has 2 nitrogen and oxygen atoms in total. The highest BCUT2D eigenvalue weighted by atomic mass is 16.1. The number of pyridine rings is 1. The van der Waals surface area contributed by atoms with Crippen LogP contribution in [0.2, 0.25) is 0 Å². The van der Waals surface area contributed by atoms with Gasteiger partial charge in [-0.25, -0.2) is 0 Å². The molecular formula is C15H15NO. The third-order valence-electron chi connectivity index (χ3n) is 2.82. The Morgan fingerprint density at radius 2 is 2.00 bits per heavy atom. The van der Waals surface area contributed by atoms with Crippen molar-refractivity contribution in [2.24, 2.45) is 5.92 Å². The number of aldehydes is 1. The highest BCUT2D eigenvalue weighted by Gasteiger charge is 2.04. The number of carbonyl (C=O) groups excluding carboxylic acids is 1. The third-order valence-corrected chi connectivity index (χ3v) is 2.82. The van der Waals surface area contributed by atoms with E-state index >= 15 is 0 Å². The van der Waals surface area contributed by atoms with Crippen LogP contribution in [-0.4, -0.2) is 11.3 Å². The molecule has 0 aliphatic heterocycles. The minimum absolute atomic E-state index is 0.228. The van der Waals surface area contributed by atoms with Crippen molar-refractivity contribution >= 4 is 23.1 Å². The van der Waals surface area contributed by atoms with Crippen molar-refractivity contribution < 1.29 is 4.79 Å². The molecule has 2 aromatic rings. The molecule has 1 aromatic heterocycles. The van der Waals surface area contributed by atoms with Crippen molar-refractivity contribution in [3.8, 4) is 0 Å². The van der Waals surface area contributed by atoms with E-state index in [4.69, 9.17) is 0 Å². The first kappa shape index (κ1) is 11.5. The molecule has 2 heteroatoms. The quantitative estimate of drug-likeness (QED) is 0.591. The molecule has 0 aliphatic rings. The average molecular weight is 225 g/mol. The maximum Gasteiger partial charge on any atom is 0.146 e. The van der Waals surface area contributed by atoms with Crippen molar-refractivity contribution in [2.75, 3.05) is 0 Å². The number of rotatable bonds is 3. The molecule has 0 saturated heterocycles. The molecule has 86 valence electrons. The molecule has 0 spiro atoms.